The van der Waals surface area contributed by atoms with Gasteiger partial charge in [-0.2, -0.15) is 0 Å². The third-order valence-corrected chi connectivity index (χ3v) is 2.65. The zero-order chi connectivity index (χ0) is 12.0. The molecule has 0 amide bonds. The summed E-state index contributed by atoms with van der Waals surface area (Å²) in [7, 11) is 1.72. The predicted molar refractivity (Wildman–Crippen MR) is 66.5 cm³/mol. The molecule has 0 fully saturated rings. The van der Waals surface area contributed by atoms with E-state index in [2.05, 4.69) is 29.8 Å². The Morgan fingerprint density at radius 1 is 1.56 bits per heavy atom. The Hall–Kier alpha value is -1.13. The molecule has 0 spiro atoms. The average molecular weight is 223 g/mol. The van der Waals surface area contributed by atoms with E-state index in [-0.39, 0.29) is 0 Å². The Balaban J connectivity index is 2.93. The fourth-order valence-corrected chi connectivity index (χ4v) is 1.90. The smallest absolute Gasteiger partial charge is 0.0772 e. The molecule has 4 heteroatoms. The van der Waals surface area contributed by atoms with Crippen molar-refractivity contribution in [1.29, 1.82) is 0 Å². The standard InChI is InChI=1S/C12H21N3O/c1-4-15(10(2)9-16-3)12-6-5-7-14-11(12)8-13/h5-7,10H,4,8-9,13H2,1-3H3. The summed E-state index contributed by atoms with van der Waals surface area (Å²) in [5.41, 5.74) is 7.74. The number of hydrogen-bond donors (Lipinski definition) is 1. The van der Waals surface area contributed by atoms with E-state index in [0.29, 0.717) is 19.2 Å². The van der Waals surface area contributed by atoms with Crippen molar-refractivity contribution in [3.63, 3.8) is 0 Å². The summed E-state index contributed by atoms with van der Waals surface area (Å²) in [5.74, 6) is 0. The molecule has 4 nitrogen and oxygen atoms in total. The van der Waals surface area contributed by atoms with Gasteiger partial charge in [0.1, 0.15) is 0 Å². The highest BCUT2D eigenvalue weighted by atomic mass is 16.5. The molecule has 1 heterocycles. The molecule has 90 valence electrons. The monoisotopic (exact) mass is 223 g/mol. The molecule has 0 aliphatic heterocycles. The first kappa shape index (κ1) is 12.9. The number of anilines is 1. The maximum Gasteiger partial charge on any atom is 0.0772 e. The van der Waals surface area contributed by atoms with Crippen molar-refractivity contribution < 1.29 is 4.74 Å². The molecule has 1 aromatic heterocycles. The SMILES string of the molecule is CCN(c1cccnc1CN)C(C)COC. The van der Waals surface area contributed by atoms with Gasteiger partial charge in [0.2, 0.25) is 0 Å². The van der Waals surface area contributed by atoms with Gasteiger partial charge in [-0.05, 0) is 26.0 Å². The lowest BCUT2D eigenvalue weighted by Crippen LogP contribution is -2.37. The highest BCUT2D eigenvalue weighted by Crippen LogP contribution is 2.20. The van der Waals surface area contributed by atoms with Crippen LogP contribution >= 0.6 is 0 Å². The quantitative estimate of drug-likeness (QED) is 0.792. The number of ether oxygens (including phenoxy) is 1. The largest absolute Gasteiger partial charge is 0.383 e. The maximum atomic E-state index is 5.70. The second-order valence-corrected chi connectivity index (χ2v) is 3.76. The molecular formula is C12H21N3O. The van der Waals surface area contributed by atoms with Crippen molar-refractivity contribution in [1.82, 2.24) is 4.98 Å². The molecule has 1 rings (SSSR count). The van der Waals surface area contributed by atoms with Crippen LogP contribution in [0.3, 0.4) is 0 Å². The molecule has 0 saturated heterocycles. The van der Waals surface area contributed by atoms with Crippen LogP contribution in [0.4, 0.5) is 5.69 Å². The fourth-order valence-electron chi connectivity index (χ4n) is 1.90. The Kier molecular flexibility index (Phi) is 5.22. The van der Waals surface area contributed by atoms with Gasteiger partial charge in [0, 0.05) is 32.4 Å². The Labute approximate surface area is 97.4 Å². The average Bonchev–Trinajstić information content (AvgIpc) is 2.31. The molecule has 0 saturated carbocycles. The van der Waals surface area contributed by atoms with E-state index in [1.807, 2.05) is 6.07 Å². The molecule has 0 aromatic carbocycles. The summed E-state index contributed by atoms with van der Waals surface area (Å²) >= 11 is 0. The molecular weight excluding hydrogens is 202 g/mol. The molecule has 1 aromatic rings. The first-order valence-electron chi connectivity index (χ1n) is 5.64. The normalized spacial score (nSPS) is 12.5. The second kappa shape index (κ2) is 6.45. The summed E-state index contributed by atoms with van der Waals surface area (Å²) in [4.78, 5) is 6.56. The lowest BCUT2D eigenvalue weighted by atomic mass is 10.2. The maximum absolute atomic E-state index is 5.70. The van der Waals surface area contributed by atoms with Crippen molar-refractivity contribution >= 4 is 5.69 Å². The number of pyridine rings is 1. The summed E-state index contributed by atoms with van der Waals surface area (Å²) in [6.45, 7) is 6.35. The molecule has 0 aliphatic rings. The van der Waals surface area contributed by atoms with E-state index >= 15 is 0 Å². The van der Waals surface area contributed by atoms with Crippen LogP contribution in [0, 0.1) is 0 Å². The first-order valence-corrected chi connectivity index (χ1v) is 5.64. The molecule has 0 radical (unpaired) electrons. The lowest BCUT2D eigenvalue weighted by molar-refractivity contribution is 0.182. The minimum atomic E-state index is 0.324. The highest BCUT2D eigenvalue weighted by Gasteiger charge is 2.15. The Morgan fingerprint density at radius 2 is 2.31 bits per heavy atom. The molecule has 1 unspecified atom stereocenters. The van der Waals surface area contributed by atoms with Gasteiger partial charge in [0.15, 0.2) is 0 Å². The zero-order valence-corrected chi connectivity index (χ0v) is 10.3. The van der Waals surface area contributed by atoms with Crippen LogP contribution < -0.4 is 10.6 Å². The van der Waals surface area contributed by atoms with Gasteiger partial charge in [-0.1, -0.05) is 0 Å². The van der Waals surface area contributed by atoms with E-state index in [0.717, 1.165) is 17.9 Å². The van der Waals surface area contributed by atoms with Crippen molar-refractivity contribution in [2.45, 2.75) is 26.4 Å². The number of nitrogens with two attached hydrogens (primary N) is 1. The lowest BCUT2D eigenvalue weighted by Gasteiger charge is -2.30. The second-order valence-electron chi connectivity index (χ2n) is 3.76. The number of hydrogen-bond acceptors (Lipinski definition) is 4. The number of methoxy groups -OCH3 is 1. The number of likely N-dealkylation sites (N-methyl/N-ethyl adjacent to an activating group) is 1. The van der Waals surface area contributed by atoms with Crippen LogP contribution in [0.5, 0.6) is 0 Å². The third kappa shape index (κ3) is 2.93. The Bertz CT molecular complexity index is 317. The van der Waals surface area contributed by atoms with Gasteiger partial charge in [0.05, 0.1) is 18.0 Å². The summed E-state index contributed by atoms with van der Waals surface area (Å²) in [6.07, 6.45) is 1.78. The van der Waals surface area contributed by atoms with E-state index in [1.165, 1.54) is 0 Å². The molecule has 0 bridgehead atoms. The van der Waals surface area contributed by atoms with Crippen LogP contribution in [0.2, 0.25) is 0 Å². The van der Waals surface area contributed by atoms with Crippen molar-refractivity contribution in [3.05, 3.63) is 24.0 Å². The summed E-state index contributed by atoms with van der Waals surface area (Å²) < 4.78 is 5.19. The van der Waals surface area contributed by atoms with Crippen molar-refractivity contribution in [3.8, 4) is 0 Å². The van der Waals surface area contributed by atoms with Crippen LogP contribution in [-0.4, -0.2) is 31.3 Å². The van der Waals surface area contributed by atoms with Gasteiger partial charge >= 0.3 is 0 Å². The van der Waals surface area contributed by atoms with E-state index < -0.39 is 0 Å². The highest BCUT2D eigenvalue weighted by molar-refractivity contribution is 5.51. The van der Waals surface area contributed by atoms with Crippen LogP contribution in [-0.2, 0) is 11.3 Å². The molecule has 2 N–H and O–H groups in total. The third-order valence-electron chi connectivity index (χ3n) is 2.65. The number of rotatable bonds is 6. The molecule has 0 aliphatic carbocycles. The minimum Gasteiger partial charge on any atom is -0.383 e. The first-order chi connectivity index (χ1) is 7.74. The van der Waals surface area contributed by atoms with Crippen molar-refractivity contribution in [2.75, 3.05) is 25.2 Å². The van der Waals surface area contributed by atoms with Crippen LogP contribution in [0.1, 0.15) is 19.5 Å². The van der Waals surface area contributed by atoms with E-state index in [4.69, 9.17) is 10.5 Å². The van der Waals surface area contributed by atoms with Gasteiger partial charge in [-0.15, -0.1) is 0 Å². The van der Waals surface area contributed by atoms with Gasteiger partial charge in [0.25, 0.3) is 0 Å². The van der Waals surface area contributed by atoms with Crippen LogP contribution in [0.25, 0.3) is 0 Å². The Morgan fingerprint density at radius 3 is 2.88 bits per heavy atom. The molecule has 1 atom stereocenters. The zero-order valence-electron chi connectivity index (χ0n) is 10.3. The van der Waals surface area contributed by atoms with E-state index in [1.54, 1.807) is 13.3 Å². The minimum absolute atomic E-state index is 0.324. The van der Waals surface area contributed by atoms with Crippen molar-refractivity contribution in [2.24, 2.45) is 5.73 Å². The van der Waals surface area contributed by atoms with Gasteiger partial charge in [-0.3, -0.25) is 4.98 Å². The predicted octanol–water partition coefficient (Wildman–Crippen LogP) is 1.40. The van der Waals surface area contributed by atoms with Gasteiger partial charge < -0.3 is 15.4 Å². The topological polar surface area (TPSA) is 51.4 Å². The van der Waals surface area contributed by atoms with Crippen LogP contribution in [0.15, 0.2) is 18.3 Å². The van der Waals surface area contributed by atoms with Gasteiger partial charge in [-0.25, -0.2) is 0 Å². The number of nitrogens with zero attached hydrogens (tertiary/aromatic N) is 2. The summed E-state index contributed by atoms with van der Waals surface area (Å²) in [5, 5.41) is 0. The number of aromatic nitrogens is 1. The summed E-state index contributed by atoms with van der Waals surface area (Å²) in [6, 6.07) is 4.33. The molecule has 16 heavy (non-hydrogen) atoms. The van der Waals surface area contributed by atoms with E-state index in [9.17, 15) is 0 Å². The fraction of sp³-hybridized carbons (Fsp3) is 0.583.